The minimum Gasteiger partial charge on any atom is -0.497 e. The van der Waals surface area contributed by atoms with Gasteiger partial charge >= 0.3 is 0 Å². The Morgan fingerprint density at radius 1 is 1.06 bits per heavy atom. The number of ether oxygens (including phenoxy) is 1. The summed E-state index contributed by atoms with van der Waals surface area (Å²) in [6.45, 7) is 7.96. The van der Waals surface area contributed by atoms with E-state index < -0.39 is 0 Å². The Kier molecular flexibility index (Phi) is 7.88. The standard InChI is InChI=1S/C26H30N4O.2ClH/c1-26(2)15-19-16-27-25(29-24(19)22-14-21(31-3)9-10-23(22)26)28-20-8-6-7-18(13-20)17-30-11-4-5-12-30;;/h6-10,13-14,16H,4-5,11-12,15,17H2,1-3H3,(H,27,28,29);2*1H. The zero-order valence-corrected chi connectivity index (χ0v) is 21.1. The van der Waals surface area contributed by atoms with Crippen molar-refractivity contribution >= 4 is 36.4 Å². The van der Waals surface area contributed by atoms with Crippen molar-refractivity contribution in [2.45, 2.75) is 45.1 Å². The number of anilines is 2. The summed E-state index contributed by atoms with van der Waals surface area (Å²) in [4.78, 5) is 12.1. The van der Waals surface area contributed by atoms with Crippen molar-refractivity contribution in [1.82, 2.24) is 14.9 Å². The lowest BCUT2D eigenvalue weighted by Crippen LogP contribution is -2.26. The maximum Gasteiger partial charge on any atom is 0.227 e. The van der Waals surface area contributed by atoms with E-state index in [0.29, 0.717) is 5.95 Å². The van der Waals surface area contributed by atoms with Gasteiger partial charge < -0.3 is 10.1 Å². The van der Waals surface area contributed by atoms with Gasteiger partial charge in [0.2, 0.25) is 5.95 Å². The van der Waals surface area contributed by atoms with Crippen molar-refractivity contribution in [3.8, 4) is 17.0 Å². The molecule has 0 amide bonds. The van der Waals surface area contributed by atoms with Crippen LogP contribution in [-0.4, -0.2) is 35.1 Å². The van der Waals surface area contributed by atoms with Gasteiger partial charge in [-0.2, -0.15) is 0 Å². The Bertz CT molecular complexity index is 1110. The summed E-state index contributed by atoms with van der Waals surface area (Å²) < 4.78 is 5.49. The van der Waals surface area contributed by atoms with Gasteiger partial charge in [0.1, 0.15) is 5.75 Å². The van der Waals surface area contributed by atoms with Crippen LogP contribution in [0.15, 0.2) is 48.7 Å². The fourth-order valence-corrected chi connectivity index (χ4v) is 4.91. The second-order valence-corrected chi connectivity index (χ2v) is 9.35. The number of nitrogens with one attached hydrogen (secondary N) is 1. The molecule has 1 aromatic heterocycles. The average Bonchev–Trinajstić information content (AvgIpc) is 3.27. The van der Waals surface area contributed by atoms with Gasteiger partial charge in [-0.25, -0.2) is 9.97 Å². The van der Waals surface area contributed by atoms with Gasteiger partial charge in [0.15, 0.2) is 0 Å². The topological polar surface area (TPSA) is 50.3 Å². The minimum atomic E-state index is 0. The van der Waals surface area contributed by atoms with Gasteiger partial charge in [0, 0.05) is 24.0 Å². The SMILES string of the molecule is COc1ccc2c(c1)-c1nc(Nc3cccc(CN4CCCC4)c3)ncc1CC2(C)C.Cl.Cl. The molecule has 0 spiro atoms. The van der Waals surface area contributed by atoms with Crippen LogP contribution >= 0.6 is 24.8 Å². The molecule has 2 aliphatic rings. The lowest BCUT2D eigenvalue weighted by Gasteiger charge is -2.33. The van der Waals surface area contributed by atoms with Crippen molar-refractivity contribution in [1.29, 1.82) is 0 Å². The Hall–Kier alpha value is -2.34. The van der Waals surface area contributed by atoms with E-state index in [2.05, 4.69) is 65.4 Å². The quantitative estimate of drug-likeness (QED) is 0.467. The lowest BCUT2D eigenvalue weighted by molar-refractivity contribution is 0.331. The predicted octanol–water partition coefficient (Wildman–Crippen LogP) is 6.17. The first-order valence-electron chi connectivity index (χ1n) is 11.1. The number of hydrogen-bond donors (Lipinski definition) is 1. The molecule has 0 bridgehead atoms. The predicted molar refractivity (Wildman–Crippen MR) is 139 cm³/mol. The van der Waals surface area contributed by atoms with Crippen LogP contribution in [0.1, 0.15) is 43.4 Å². The number of nitrogens with zero attached hydrogens (tertiary/aromatic N) is 3. The molecule has 0 saturated carbocycles. The number of methoxy groups -OCH3 is 1. The van der Waals surface area contributed by atoms with Gasteiger partial charge in [-0.1, -0.05) is 32.0 Å². The average molecular weight is 487 g/mol. The van der Waals surface area contributed by atoms with Crippen LogP contribution in [0, 0.1) is 0 Å². The highest BCUT2D eigenvalue weighted by molar-refractivity contribution is 5.85. The highest BCUT2D eigenvalue weighted by Gasteiger charge is 2.32. The highest BCUT2D eigenvalue weighted by Crippen LogP contribution is 2.43. The molecule has 1 saturated heterocycles. The van der Waals surface area contributed by atoms with E-state index >= 15 is 0 Å². The summed E-state index contributed by atoms with van der Waals surface area (Å²) >= 11 is 0. The Labute approximate surface area is 208 Å². The largest absolute Gasteiger partial charge is 0.497 e. The summed E-state index contributed by atoms with van der Waals surface area (Å²) in [6.07, 6.45) is 5.52. The van der Waals surface area contributed by atoms with Crippen LogP contribution in [0.4, 0.5) is 11.6 Å². The van der Waals surface area contributed by atoms with Gasteiger partial charge in [0.05, 0.1) is 12.8 Å². The van der Waals surface area contributed by atoms with Crippen LogP contribution in [0.3, 0.4) is 0 Å². The minimum absolute atomic E-state index is 0. The van der Waals surface area contributed by atoms with Crippen molar-refractivity contribution in [3.05, 3.63) is 65.4 Å². The van der Waals surface area contributed by atoms with Gasteiger partial charge in [-0.3, -0.25) is 4.90 Å². The van der Waals surface area contributed by atoms with E-state index in [-0.39, 0.29) is 30.2 Å². The van der Waals surface area contributed by atoms with E-state index in [9.17, 15) is 0 Å². The number of halogens is 2. The molecule has 176 valence electrons. The molecule has 7 heteroatoms. The maximum absolute atomic E-state index is 5.49. The number of hydrogen-bond acceptors (Lipinski definition) is 5. The third-order valence-corrected chi connectivity index (χ3v) is 6.50. The molecule has 33 heavy (non-hydrogen) atoms. The first-order chi connectivity index (χ1) is 15.0. The van der Waals surface area contributed by atoms with Crippen molar-refractivity contribution in [2.75, 3.05) is 25.5 Å². The van der Waals surface area contributed by atoms with Crippen LogP contribution in [0.25, 0.3) is 11.3 Å². The number of aromatic nitrogens is 2. The zero-order chi connectivity index (χ0) is 21.4. The number of fused-ring (bicyclic) bond motifs is 3. The van der Waals surface area contributed by atoms with Crippen LogP contribution < -0.4 is 10.1 Å². The molecular formula is C26H32Cl2N4O. The van der Waals surface area contributed by atoms with E-state index in [4.69, 9.17) is 9.72 Å². The molecule has 2 aromatic carbocycles. The maximum atomic E-state index is 5.49. The molecule has 3 aromatic rings. The molecule has 0 atom stereocenters. The summed E-state index contributed by atoms with van der Waals surface area (Å²) in [5, 5.41) is 3.43. The van der Waals surface area contributed by atoms with E-state index in [1.807, 2.05) is 12.3 Å². The fraction of sp³-hybridized carbons (Fsp3) is 0.385. The second-order valence-electron chi connectivity index (χ2n) is 9.35. The van der Waals surface area contributed by atoms with Crippen LogP contribution in [0.5, 0.6) is 5.75 Å². The van der Waals surface area contributed by atoms with Gasteiger partial charge in [-0.15, -0.1) is 24.8 Å². The molecule has 1 fully saturated rings. The number of likely N-dealkylation sites (tertiary alicyclic amines) is 1. The first kappa shape index (κ1) is 25.3. The van der Waals surface area contributed by atoms with Crippen LogP contribution in [0.2, 0.25) is 0 Å². The van der Waals surface area contributed by atoms with E-state index in [0.717, 1.165) is 35.7 Å². The molecule has 0 unspecified atom stereocenters. The molecular weight excluding hydrogens is 455 g/mol. The molecule has 1 N–H and O–H groups in total. The lowest BCUT2D eigenvalue weighted by atomic mass is 9.72. The third kappa shape index (κ3) is 5.26. The number of benzene rings is 2. The van der Waals surface area contributed by atoms with E-state index in [1.165, 1.54) is 42.6 Å². The van der Waals surface area contributed by atoms with Crippen molar-refractivity contribution in [2.24, 2.45) is 0 Å². The van der Waals surface area contributed by atoms with Gasteiger partial charge in [-0.05, 0) is 78.7 Å². The first-order valence-corrected chi connectivity index (χ1v) is 11.1. The molecule has 5 rings (SSSR count). The summed E-state index contributed by atoms with van der Waals surface area (Å²) in [6, 6.07) is 14.9. The molecule has 0 radical (unpaired) electrons. The molecule has 2 heterocycles. The second kappa shape index (κ2) is 10.3. The van der Waals surface area contributed by atoms with Crippen molar-refractivity contribution < 1.29 is 4.74 Å². The third-order valence-electron chi connectivity index (χ3n) is 6.50. The normalized spacial score (nSPS) is 16.1. The summed E-state index contributed by atoms with van der Waals surface area (Å²) in [5.41, 5.74) is 7.01. The van der Waals surface area contributed by atoms with Crippen LogP contribution in [-0.2, 0) is 18.4 Å². The molecule has 5 nitrogen and oxygen atoms in total. The zero-order valence-electron chi connectivity index (χ0n) is 19.4. The number of rotatable bonds is 5. The smallest absolute Gasteiger partial charge is 0.227 e. The summed E-state index contributed by atoms with van der Waals surface area (Å²) in [5.74, 6) is 1.48. The Balaban J connectivity index is 0.00000153. The Morgan fingerprint density at radius 3 is 2.61 bits per heavy atom. The highest BCUT2D eigenvalue weighted by atomic mass is 35.5. The Morgan fingerprint density at radius 2 is 1.85 bits per heavy atom. The monoisotopic (exact) mass is 486 g/mol. The molecule has 1 aliphatic heterocycles. The fourth-order valence-electron chi connectivity index (χ4n) is 4.91. The van der Waals surface area contributed by atoms with E-state index in [1.54, 1.807) is 7.11 Å². The van der Waals surface area contributed by atoms with Gasteiger partial charge in [0.25, 0.3) is 0 Å². The summed E-state index contributed by atoms with van der Waals surface area (Å²) in [7, 11) is 1.71. The van der Waals surface area contributed by atoms with Crippen molar-refractivity contribution in [3.63, 3.8) is 0 Å². The molecule has 1 aliphatic carbocycles.